The van der Waals surface area contributed by atoms with Crippen LogP contribution in [0.5, 0.6) is 0 Å². The number of rotatable bonds is 4. The van der Waals surface area contributed by atoms with Gasteiger partial charge in [0.05, 0.1) is 16.3 Å². The van der Waals surface area contributed by atoms with Gasteiger partial charge in [-0.2, -0.15) is 0 Å². The van der Waals surface area contributed by atoms with E-state index in [1.54, 1.807) is 19.9 Å². The van der Waals surface area contributed by atoms with Gasteiger partial charge in [-0.3, -0.25) is 4.79 Å². The lowest BCUT2D eigenvalue weighted by Crippen LogP contribution is -2.27. The highest BCUT2D eigenvalue weighted by molar-refractivity contribution is 7.18. The van der Waals surface area contributed by atoms with Crippen molar-refractivity contribution >= 4 is 28.2 Å². The minimum atomic E-state index is -0.498. The number of carbonyl (C=O) groups excluding carboxylic acids is 2. The fourth-order valence-corrected chi connectivity index (χ4v) is 2.92. The highest BCUT2D eigenvalue weighted by atomic mass is 32.1. The SMILES string of the molecule is Cc1cc(NC(=O)C(C)(C)C)sc1C(=O)OCc1c(C)noc1C. The van der Waals surface area contributed by atoms with Crippen LogP contribution in [0, 0.1) is 26.2 Å². The van der Waals surface area contributed by atoms with Crippen molar-refractivity contribution in [2.75, 3.05) is 5.32 Å². The van der Waals surface area contributed by atoms with Crippen molar-refractivity contribution in [3.8, 4) is 0 Å². The average Bonchev–Trinajstić information content (AvgIpc) is 2.99. The van der Waals surface area contributed by atoms with Crippen LogP contribution in [-0.4, -0.2) is 17.0 Å². The van der Waals surface area contributed by atoms with Gasteiger partial charge in [0.15, 0.2) is 0 Å². The molecule has 0 saturated carbocycles. The van der Waals surface area contributed by atoms with Gasteiger partial charge in [-0.15, -0.1) is 11.3 Å². The van der Waals surface area contributed by atoms with Crippen LogP contribution >= 0.6 is 11.3 Å². The van der Waals surface area contributed by atoms with Crippen LogP contribution in [0.15, 0.2) is 10.6 Å². The number of ether oxygens (including phenoxy) is 1. The van der Waals surface area contributed by atoms with Crippen LogP contribution in [0.1, 0.15) is 53.0 Å². The molecular formula is C17H22N2O4S. The van der Waals surface area contributed by atoms with Crippen LogP contribution in [0.4, 0.5) is 5.00 Å². The van der Waals surface area contributed by atoms with Gasteiger partial charge in [0, 0.05) is 5.41 Å². The van der Waals surface area contributed by atoms with Crippen LogP contribution in [0.25, 0.3) is 0 Å². The number of hydrogen-bond donors (Lipinski definition) is 1. The maximum absolute atomic E-state index is 12.3. The van der Waals surface area contributed by atoms with Gasteiger partial charge < -0.3 is 14.6 Å². The molecule has 0 aliphatic rings. The number of thiophene rings is 1. The second-order valence-corrected chi connectivity index (χ2v) is 7.76. The van der Waals surface area contributed by atoms with E-state index in [9.17, 15) is 9.59 Å². The molecule has 0 radical (unpaired) electrons. The second-order valence-electron chi connectivity index (χ2n) is 6.71. The highest BCUT2D eigenvalue weighted by Gasteiger charge is 2.23. The lowest BCUT2D eigenvalue weighted by Gasteiger charge is -2.16. The highest BCUT2D eigenvalue weighted by Crippen LogP contribution is 2.29. The zero-order valence-electron chi connectivity index (χ0n) is 14.8. The van der Waals surface area contributed by atoms with E-state index in [4.69, 9.17) is 9.26 Å². The van der Waals surface area contributed by atoms with Gasteiger partial charge in [0.25, 0.3) is 0 Å². The molecule has 0 saturated heterocycles. The number of esters is 1. The number of nitrogens with zero attached hydrogens (tertiary/aromatic N) is 1. The van der Waals surface area contributed by atoms with Gasteiger partial charge >= 0.3 is 5.97 Å². The van der Waals surface area contributed by atoms with Crippen molar-refractivity contribution < 1.29 is 18.8 Å². The molecule has 0 atom stereocenters. The third-order valence-corrected chi connectivity index (χ3v) is 4.68. The Morgan fingerprint density at radius 1 is 1.29 bits per heavy atom. The first-order valence-electron chi connectivity index (χ1n) is 7.60. The first kappa shape index (κ1) is 18.2. The Bertz CT molecular complexity index is 749. The first-order valence-corrected chi connectivity index (χ1v) is 8.42. The maximum Gasteiger partial charge on any atom is 0.348 e. The van der Waals surface area contributed by atoms with Gasteiger partial charge in [-0.1, -0.05) is 25.9 Å². The van der Waals surface area contributed by atoms with E-state index >= 15 is 0 Å². The van der Waals surface area contributed by atoms with E-state index in [-0.39, 0.29) is 12.5 Å². The van der Waals surface area contributed by atoms with Crippen molar-refractivity contribution in [2.24, 2.45) is 5.41 Å². The Labute approximate surface area is 145 Å². The summed E-state index contributed by atoms with van der Waals surface area (Å²) in [5.74, 6) is 0.120. The van der Waals surface area contributed by atoms with Crippen molar-refractivity contribution in [2.45, 2.75) is 48.1 Å². The molecule has 2 heterocycles. The predicted octanol–water partition coefficient (Wildman–Crippen LogP) is 4.00. The number of aryl methyl sites for hydroxylation is 3. The lowest BCUT2D eigenvalue weighted by atomic mass is 9.96. The first-order chi connectivity index (χ1) is 11.1. The zero-order chi connectivity index (χ0) is 18.1. The van der Waals surface area contributed by atoms with Crippen LogP contribution in [-0.2, 0) is 16.1 Å². The van der Waals surface area contributed by atoms with E-state index in [2.05, 4.69) is 10.5 Å². The summed E-state index contributed by atoms with van der Waals surface area (Å²) >= 11 is 1.21. The van der Waals surface area contributed by atoms with Crippen molar-refractivity contribution in [1.29, 1.82) is 0 Å². The Morgan fingerprint density at radius 2 is 1.96 bits per heavy atom. The Hall–Kier alpha value is -2.15. The normalized spacial score (nSPS) is 11.4. The second kappa shape index (κ2) is 6.76. The monoisotopic (exact) mass is 350 g/mol. The smallest absolute Gasteiger partial charge is 0.348 e. The third-order valence-electron chi connectivity index (χ3n) is 3.55. The van der Waals surface area contributed by atoms with E-state index in [1.807, 2.05) is 27.7 Å². The summed E-state index contributed by atoms with van der Waals surface area (Å²) in [6, 6.07) is 1.78. The van der Waals surface area contributed by atoms with Gasteiger partial charge in [0.1, 0.15) is 17.2 Å². The van der Waals surface area contributed by atoms with E-state index in [1.165, 1.54) is 11.3 Å². The summed E-state index contributed by atoms with van der Waals surface area (Å²) in [5.41, 5.74) is 1.76. The summed E-state index contributed by atoms with van der Waals surface area (Å²) in [6.07, 6.45) is 0. The van der Waals surface area contributed by atoms with Crippen LogP contribution < -0.4 is 5.32 Å². The summed E-state index contributed by atoms with van der Waals surface area (Å²) in [4.78, 5) is 24.8. The molecule has 0 bridgehead atoms. The van der Waals surface area contributed by atoms with Crippen LogP contribution in [0.2, 0.25) is 0 Å². The quantitative estimate of drug-likeness (QED) is 0.843. The molecule has 0 aliphatic carbocycles. The molecule has 2 rings (SSSR count). The minimum Gasteiger partial charge on any atom is -0.456 e. The van der Waals surface area contributed by atoms with Crippen molar-refractivity contribution in [3.63, 3.8) is 0 Å². The predicted molar refractivity (Wildman–Crippen MR) is 92.2 cm³/mol. The molecule has 6 nitrogen and oxygen atoms in total. The van der Waals surface area contributed by atoms with Gasteiger partial charge in [-0.25, -0.2) is 4.79 Å². The Morgan fingerprint density at radius 3 is 2.50 bits per heavy atom. The zero-order valence-corrected chi connectivity index (χ0v) is 15.6. The lowest BCUT2D eigenvalue weighted by molar-refractivity contribution is -0.123. The molecule has 0 spiro atoms. The summed E-state index contributed by atoms with van der Waals surface area (Å²) in [6.45, 7) is 11.0. The molecule has 1 amide bonds. The molecule has 0 unspecified atom stereocenters. The third kappa shape index (κ3) is 4.03. The molecule has 1 N–H and O–H groups in total. The molecule has 130 valence electrons. The van der Waals surface area contributed by atoms with Gasteiger partial charge in [0.2, 0.25) is 5.91 Å². The molecule has 0 aromatic carbocycles. The number of aromatic nitrogens is 1. The Balaban J connectivity index is 2.06. The molecular weight excluding hydrogens is 328 g/mol. The Kier molecular flexibility index (Phi) is 5.13. The molecule has 7 heteroatoms. The summed E-state index contributed by atoms with van der Waals surface area (Å²) < 4.78 is 10.4. The largest absolute Gasteiger partial charge is 0.456 e. The van der Waals surface area contributed by atoms with Crippen molar-refractivity contribution in [1.82, 2.24) is 5.16 Å². The topological polar surface area (TPSA) is 81.4 Å². The fourth-order valence-electron chi connectivity index (χ4n) is 1.96. The van der Waals surface area contributed by atoms with Gasteiger partial charge in [-0.05, 0) is 32.4 Å². The standard InChI is InChI=1S/C17H22N2O4S/c1-9-7-13(18-16(21)17(4,5)6)24-14(9)15(20)22-8-12-10(2)19-23-11(12)3/h7H,8H2,1-6H3,(H,18,21). The van der Waals surface area contributed by atoms with Crippen LogP contribution in [0.3, 0.4) is 0 Å². The van der Waals surface area contributed by atoms with E-state index < -0.39 is 11.4 Å². The van der Waals surface area contributed by atoms with E-state index in [0.717, 1.165) is 11.1 Å². The van der Waals surface area contributed by atoms with E-state index in [0.29, 0.717) is 21.3 Å². The number of anilines is 1. The molecule has 0 fully saturated rings. The average molecular weight is 350 g/mol. The number of nitrogens with one attached hydrogen (secondary N) is 1. The number of hydrogen-bond acceptors (Lipinski definition) is 6. The summed E-state index contributed by atoms with van der Waals surface area (Å²) in [7, 11) is 0. The molecule has 0 aliphatic heterocycles. The molecule has 2 aromatic heterocycles. The molecule has 2 aromatic rings. The fraction of sp³-hybridized carbons (Fsp3) is 0.471. The minimum absolute atomic E-state index is 0.0978. The molecule has 24 heavy (non-hydrogen) atoms. The number of carbonyl (C=O) groups is 2. The summed E-state index contributed by atoms with van der Waals surface area (Å²) in [5, 5.41) is 7.30. The maximum atomic E-state index is 12.3. The number of amides is 1. The van der Waals surface area contributed by atoms with Crippen molar-refractivity contribution in [3.05, 3.63) is 33.5 Å².